The molecule has 1 fully saturated rings. The number of hydrogen-bond acceptors (Lipinski definition) is 6. The van der Waals surface area contributed by atoms with Gasteiger partial charge in [0.15, 0.2) is 10.8 Å². The van der Waals surface area contributed by atoms with E-state index in [9.17, 15) is 0 Å². The Labute approximate surface area is 139 Å². The Balaban J connectivity index is 1.41. The molecule has 0 unspecified atom stereocenters. The van der Waals surface area contributed by atoms with Crippen molar-refractivity contribution in [2.45, 2.75) is 25.4 Å². The van der Waals surface area contributed by atoms with E-state index in [0.29, 0.717) is 6.04 Å². The quantitative estimate of drug-likeness (QED) is 0.719. The van der Waals surface area contributed by atoms with E-state index < -0.39 is 0 Å². The Morgan fingerprint density at radius 3 is 3.22 bits per heavy atom. The molecule has 6 nitrogen and oxygen atoms in total. The zero-order chi connectivity index (χ0) is 15.6. The molecule has 1 aliphatic heterocycles. The van der Waals surface area contributed by atoms with Gasteiger partial charge in [-0.05, 0) is 32.0 Å². The van der Waals surface area contributed by atoms with Crippen LogP contribution in [0.4, 0.5) is 5.82 Å². The molecule has 0 radical (unpaired) electrons. The van der Waals surface area contributed by atoms with Gasteiger partial charge in [0.2, 0.25) is 0 Å². The van der Waals surface area contributed by atoms with Crippen molar-refractivity contribution in [2.75, 3.05) is 25.0 Å². The van der Waals surface area contributed by atoms with Crippen molar-refractivity contribution >= 4 is 22.1 Å². The minimum absolute atomic E-state index is 0.500. The average molecular weight is 328 g/mol. The summed E-state index contributed by atoms with van der Waals surface area (Å²) >= 11 is 1.68. The van der Waals surface area contributed by atoms with Crippen molar-refractivity contribution in [1.82, 2.24) is 24.5 Å². The van der Waals surface area contributed by atoms with Crippen LogP contribution in [0.1, 0.15) is 18.5 Å². The molecule has 0 spiro atoms. The Morgan fingerprint density at radius 1 is 1.43 bits per heavy atom. The van der Waals surface area contributed by atoms with E-state index in [4.69, 9.17) is 0 Å². The van der Waals surface area contributed by atoms with Crippen molar-refractivity contribution < 1.29 is 0 Å². The number of fused-ring (bicyclic) bond motifs is 1. The van der Waals surface area contributed by atoms with Gasteiger partial charge in [0.25, 0.3) is 0 Å². The molecular weight excluding hydrogens is 308 g/mol. The lowest BCUT2D eigenvalue weighted by molar-refractivity contribution is 0.300. The molecular formula is C16H20N6S. The third kappa shape index (κ3) is 3.07. The number of rotatable bonds is 5. The molecule has 0 N–H and O–H groups in total. The van der Waals surface area contributed by atoms with E-state index in [1.54, 1.807) is 17.5 Å². The molecule has 4 heterocycles. The third-order valence-electron chi connectivity index (χ3n) is 4.33. The van der Waals surface area contributed by atoms with Gasteiger partial charge in [0.05, 0.1) is 5.69 Å². The monoisotopic (exact) mass is 328 g/mol. The average Bonchev–Trinajstić information content (AvgIpc) is 3.24. The number of likely N-dealkylation sites (N-methyl/N-ethyl adjacent to an activating group) is 1. The maximum atomic E-state index is 4.67. The van der Waals surface area contributed by atoms with Crippen molar-refractivity contribution in [2.24, 2.45) is 0 Å². The SMILES string of the molecule is CN(Cc1cn2ccsc2n1)C[C@@H]1CCCN1c1cccnn1. The molecule has 0 bridgehead atoms. The predicted molar refractivity (Wildman–Crippen MR) is 91.8 cm³/mol. The molecule has 0 aromatic carbocycles. The van der Waals surface area contributed by atoms with Gasteiger partial charge in [-0.25, -0.2) is 4.98 Å². The van der Waals surface area contributed by atoms with Gasteiger partial charge < -0.3 is 4.90 Å². The zero-order valence-electron chi connectivity index (χ0n) is 13.2. The standard InChI is InChI=1S/C16H20N6S/c1-20(10-13-11-21-8-9-23-16(21)18-13)12-14-4-3-7-22(14)15-5-2-6-17-19-15/h2,5-6,8-9,11,14H,3-4,7,10,12H2,1H3/t14-/m0/s1. The molecule has 120 valence electrons. The fraction of sp³-hybridized carbons (Fsp3) is 0.438. The molecule has 1 aliphatic rings. The summed E-state index contributed by atoms with van der Waals surface area (Å²) in [5.41, 5.74) is 1.13. The highest BCUT2D eigenvalue weighted by Gasteiger charge is 2.26. The molecule has 7 heteroatoms. The van der Waals surface area contributed by atoms with Crippen LogP contribution in [-0.2, 0) is 6.54 Å². The fourth-order valence-corrected chi connectivity index (χ4v) is 4.05. The minimum atomic E-state index is 0.500. The van der Waals surface area contributed by atoms with E-state index in [-0.39, 0.29) is 0 Å². The van der Waals surface area contributed by atoms with Gasteiger partial charge in [-0.3, -0.25) is 9.30 Å². The van der Waals surface area contributed by atoms with Gasteiger partial charge in [0.1, 0.15) is 0 Å². The van der Waals surface area contributed by atoms with E-state index in [1.165, 1.54) is 12.8 Å². The first-order chi connectivity index (χ1) is 11.3. The van der Waals surface area contributed by atoms with Gasteiger partial charge in [-0.15, -0.1) is 16.4 Å². The van der Waals surface area contributed by atoms with Gasteiger partial charge in [-0.1, -0.05) is 0 Å². The molecule has 0 saturated carbocycles. The topological polar surface area (TPSA) is 49.6 Å². The van der Waals surface area contributed by atoms with Crippen molar-refractivity contribution in [3.8, 4) is 0 Å². The van der Waals surface area contributed by atoms with Crippen LogP contribution in [-0.4, -0.2) is 50.7 Å². The summed E-state index contributed by atoms with van der Waals surface area (Å²) in [6.07, 6.45) is 8.33. The number of imidazole rings is 1. The van der Waals surface area contributed by atoms with E-state index in [0.717, 1.165) is 36.1 Å². The van der Waals surface area contributed by atoms with E-state index in [1.807, 2.05) is 6.07 Å². The summed E-state index contributed by atoms with van der Waals surface area (Å²) < 4.78 is 2.09. The zero-order valence-corrected chi connectivity index (χ0v) is 14.0. The van der Waals surface area contributed by atoms with Crippen LogP contribution >= 0.6 is 11.3 Å². The molecule has 0 amide bonds. The smallest absolute Gasteiger partial charge is 0.193 e. The first-order valence-electron chi connectivity index (χ1n) is 7.93. The Bertz CT molecular complexity index is 739. The number of aromatic nitrogens is 4. The van der Waals surface area contributed by atoms with Crippen molar-refractivity contribution in [1.29, 1.82) is 0 Å². The van der Waals surface area contributed by atoms with Crippen LogP contribution in [0.15, 0.2) is 36.1 Å². The summed E-state index contributed by atoms with van der Waals surface area (Å²) in [5, 5.41) is 10.3. The Morgan fingerprint density at radius 2 is 2.39 bits per heavy atom. The van der Waals surface area contributed by atoms with Crippen LogP contribution in [0.2, 0.25) is 0 Å². The number of nitrogens with zero attached hydrogens (tertiary/aromatic N) is 6. The Kier molecular flexibility index (Phi) is 3.97. The van der Waals surface area contributed by atoms with Gasteiger partial charge >= 0.3 is 0 Å². The predicted octanol–water partition coefficient (Wildman–Crippen LogP) is 2.29. The highest BCUT2D eigenvalue weighted by molar-refractivity contribution is 7.15. The molecule has 1 saturated heterocycles. The van der Waals surface area contributed by atoms with E-state index >= 15 is 0 Å². The van der Waals surface area contributed by atoms with Crippen LogP contribution in [0.25, 0.3) is 4.96 Å². The fourth-order valence-electron chi connectivity index (χ4n) is 3.33. The largest absolute Gasteiger partial charge is 0.351 e. The van der Waals surface area contributed by atoms with Crippen LogP contribution in [0.5, 0.6) is 0 Å². The van der Waals surface area contributed by atoms with Crippen LogP contribution in [0, 0.1) is 0 Å². The van der Waals surface area contributed by atoms with Crippen molar-refractivity contribution in [3.05, 3.63) is 41.8 Å². The highest BCUT2D eigenvalue weighted by Crippen LogP contribution is 2.24. The lowest BCUT2D eigenvalue weighted by atomic mass is 10.2. The normalized spacial score (nSPS) is 18.3. The molecule has 3 aromatic rings. The maximum absolute atomic E-state index is 4.67. The number of hydrogen-bond donors (Lipinski definition) is 0. The number of anilines is 1. The lowest BCUT2D eigenvalue weighted by Crippen LogP contribution is -2.39. The number of thiazole rings is 1. The summed E-state index contributed by atoms with van der Waals surface area (Å²) in [5.74, 6) is 0.992. The molecule has 1 atom stereocenters. The molecule has 3 aromatic heterocycles. The van der Waals surface area contributed by atoms with Crippen LogP contribution in [0.3, 0.4) is 0 Å². The second-order valence-corrected chi connectivity index (χ2v) is 6.97. The first kappa shape index (κ1) is 14.6. The molecule has 4 rings (SSSR count). The lowest BCUT2D eigenvalue weighted by Gasteiger charge is -2.28. The van der Waals surface area contributed by atoms with E-state index in [2.05, 4.69) is 60.3 Å². The van der Waals surface area contributed by atoms with Crippen molar-refractivity contribution in [3.63, 3.8) is 0 Å². The summed E-state index contributed by atoms with van der Waals surface area (Å²) in [6, 6.07) is 4.51. The minimum Gasteiger partial charge on any atom is -0.351 e. The summed E-state index contributed by atoms with van der Waals surface area (Å²) in [7, 11) is 2.17. The second kappa shape index (κ2) is 6.25. The summed E-state index contributed by atoms with van der Waals surface area (Å²) in [4.78, 5) is 10.5. The van der Waals surface area contributed by atoms with Gasteiger partial charge in [0, 0.05) is 49.6 Å². The van der Waals surface area contributed by atoms with Crippen LogP contribution < -0.4 is 4.90 Å². The third-order valence-corrected chi connectivity index (χ3v) is 5.10. The second-order valence-electron chi connectivity index (χ2n) is 6.09. The van der Waals surface area contributed by atoms with Gasteiger partial charge in [-0.2, -0.15) is 5.10 Å². The highest BCUT2D eigenvalue weighted by atomic mass is 32.1. The first-order valence-corrected chi connectivity index (χ1v) is 8.81. The molecule has 0 aliphatic carbocycles. The maximum Gasteiger partial charge on any atom is 0.193 e. The molecule has 23 heavy (non-hydrogen) atoms. The summed E-state index contributed by atoms with van der Waals surface area (Å²) in [6.45, 7) is 2.96. The Hall–Kier alpha value is -1.99.